The normalized spacial score (nSPS) is 10.4. The first-order valence-electron chi connectivity index (χ1n) is 3.84. The van der Waals surface area contributed by atoms with E-state index in [2.05, 4.69) is 0 Å². The van der Waals surface area contributed by atoms with Crippen LogP contribution >= 0.6 is 23.6 Å². The first-order chi connectivity index (χ1) is 6.68. The van der Waals surface area contributed by atoms with Gasteiger partial charge in [-0.2, -0.15) is 4.73 Å². The molecule has 1 aromatic carbocycles. The van der Waals surface area contributed by atoms with Gasteiger partial charge in [0.15, 0.2) is 3.95 Å². The van der Waals surface area contributed by atoms with Crippen LogP contribution in [0.15, 0.2) is 29.6 Å². The first kappa shape index (κ1) is 9.36. The van der Waals surface area contributed by atoms with E-state index in [1.54, 1.807) is 17.5 Å². The molecule has 0 aliphatic carbocycles. The minimum Gasteiger partial charge on any atom is -0.426 e. The fourth-order valence-electron chi connectivity index (χ4n) is 1.12. The number of nitrogens with zero attached hydrogens (tertiary/aromatic N) is 1. The van der Waals surface area contributed by atoms with Gasteiger partial charge in [0.1, 0.15) is 5.82 Å². The zero-order chi connectivity index (χ0) is 10.1. The summed E-state index contributed by atoms with van der Waals surface area (Å²) in [5, 5.41) is 11.2. The van der Waals surface area contributed by atoms with Crippen LogP contribution in [-0.2, 0) is 0 Å². The molecule has 2 aromatic rings. The second kappa shape index (κ2) is 3.51. The van der Waals surface area contributed by atoms with Crippen molar-refractivity contribution < 1.29 is 9.60 Å². The van der Waals surface area contributed by atoms with Gasteiger partial charge in [-0.15, -0.1) is 11.3 Å². The van der Waals surface area contributed by atoms with Gasteiger partial charge in [0.2, 0.25) is 0 Å². The molecule has 0 bridgehead atoms. The molecule has 14 heavy (non-hydrogen) atoms. The van der Waals surface area contributed by atoms with Crippen molar-refractivity contribution >= 4 is 23.6 Å². The molecular formula is C9H6FNOS2. The molecule has 0 amide bonds. The zero-order valence-corrected chi connectivity index (χ0v) is 8.61. The highest BCUT2D eigenvalue weighted by atomic mass is 32.1. The molecule has 1 heterocycles. The molecule has 0 saturated heterocycles. The van der Waals surface area contributed by atoms with E-state index >= 15 is 0 Å². The van der Waals surface area contributed by atoms with E-state index < -0.39 is 0 Å². The Morgan fingerprint density at radius 3 is 2.43 bits per heavy atom. The van der Waals surface area contributed by atoms with Crippen LogP contribution in [0.3, 0.4) is 0 Å². The van der Waals surface area contributed by atoms with Crippen molar-refractivity contribution in [3.63, 3.8) is 0 Å². The van der Waals surface area contributed by atoms with Crippen LogP contribution in [0.25, 0.3) is 11.3 Å². The molecule has 0 aliphatic rings. The molecule has 0 unspecified atom stereocenters. The summed E-state index contributed by atoms with van der Waals surface area (Å²) in [6, 6.07) is 5.88. The van der Waals surface area contributed by atoms with E-state index in [-0.39, 0.29) is 5.82 Å². The Morgan fingerprint density at radius 1 is 1.29 bits per heavy atom. The van der Waals surface area contributed by atoms with Crippen LogP contribution in [0.5, 0.6) is 0 Å². The van der Waals surface area contributed by atoms with E-state index in [4.69, 9.17) is 12.2 Å². The minimum atomic E-state index is -0.299. The first-order valence-corrected chi connectivity index (χ1v) is 5.13. The van der Waals surface area contributed by atoms with Crippen molar-refractivity contribution in [3.05, 3.63) is 39.4 Å². The third-order valence-corrected chi connectivity index (χ3v) is 2.99. The van der Waals surface area contributed by atoms with Crippen LogP contribution in [0.4, 0.5) is 4.39 Å². The molecule has 1 aromatic heterocycles. The fourth-order valence-corrected chi connectivity index (χ4v) is 2.00. The Bertz CT molecular complexity index is 500. The number of aromatic nitrogens is 1. The second-order valence-electron chi connectivity index (χ2n) is 2.71. The molecule has 0 spiro atoms. The number of hydrogen-bond donors (Lipinski definition) is 1. The maximum atomic E-state index is 12.6. The van der Waals surface area contributed by atoms with Gasteiger partial charge in [-0.1, -0.05) is 0 Å². The molecule has 0 saturated carbocycles. The fraction of sp³-hybridized carbons (Fsp3) is 0. The van der Waals surface area contributed by atoms with Crippen molar-refractivity contribution in [1.82, 2.24) is 4.73 Å². The molecule has 0 aliphatic heterocycles. The van der Waals surface area contributed by atoms with Gasteiger partial charge in [-0.05, 0) is 36.5 Å². The third-order valence-electron chi connectivity index (χ3n) is 1.81. The maximum absolute atomic E-state index is 12.6. The van der Waals surface area contributed by atoms with Gasteiger partial charge in [0, 0.05) is 10.9 Å². The van der Waals surface area contributed by atoms with Crippen LogP contribution in [0.2, 0.25) is 0 Å². The van der Waals surface area contributed by atoms with Crippen molar-refractivity contribution in [1.29, 1.82) is 0 Å². The molecular weight excluding hydrogens is 221 g/mol. The standard InChI is InChI=1S/C9H6FNOS2/c10-7-3-1-6(2-4-7)8-5-14-9(13)11(8)12/h1-5,12H. The van der Waals surface area contributed by atoms with Gasteiger partial charge in [-0.25, -0.2) is 4.39 Å². The number of benzene rings is 1. The van der Waals surface area contributed by atoms with Gasteiger partial charge in [0.25, 0.3) is 0 Å². The smallest absolute Gasteiger partial charge is 0.196 e. The number of hydrogen-bond acceptors (Lipinski definition) is 3. The van der Waals surface area contributed by atoms with Crippen LogP contribution in [0.1, 0.15) is 0 Å². The van der Waals surface area contributed by atoms with Gasteiger partial charge in [0.05, 0.1) is 5.69 Å². The Balaban J connectivity index is 2.55. The molecule has 0 radical (unpaired) electrons. The highest BCUT2D eigenvalue weighted by Gasteiger charge is 2.05. The predicted octanol–water partition coefficient (Wildman–Crippen LogP) is 3.32. The van der Waals surface area contributed by atoms with Crippen molar-refractivity contribution in [2.24, 2.45) is 0 Å². The lowest BCUT2D eigenvalue weighted by atomic mass is 10.2. The lowest BCUT2D eigenvalue weighted by Crippen LogP contribution is -1.92. The molecule has 2 nitrogen and oxygen atoms in total. The number of thiazole rings is 1. The minimum absolute atomic E-state index is 0.299. The Labute approximate surface area is 88.8 Å². The summed E-state index contributed by atoms with van der Waals surface area (Å²) in [6.07, 6.45) is 0. The monoisotopic (exact) mass is 227 g/mol. The lowest BCUT2D eigenvalue weighted by Gasteiger charge is -2.00. The summed E-state index contributed by atoms with van der Waals surface area (Å²) in [4.78, 5) is 0. The van der Waals surface area contributed by atoms with E-state index in [0.717, 1.165) is 10.3 Å². The predicted molar refractivity (Wildman–Crippen MR) is 55.7 cm³/mol. The van der Waals surface area contributed by atoms with E-state index in [1.165, 1.54) is 23.5 Å². The average Bonchev–Trinajstić information content (AvgIpc) is 2.50. The second-order valence-corrected chi connectivity index (χ2v) is 4.21. The summed E-state index contributed by atoms with van der Waals surface area (Å²) in [7, 11) is 0. The molecule has 0 atom stereocenters. The number of rotatable bonds is 1. The lowest BCUT2D eigenvalue weighted by molar-refractivity contribution is 0.190. The van der Waals surface area contributed by atoms with Crippen LogP contribution < -0.4 is 0 Å². The molecule has 1 N–H and O–H groups in total. The third kappa shape index (κ3) is 1.56. The molecule has 72 valence electrons. The Hall–Kier alpha value is -1.20. The van der Waals surface area contributed by atoms with Crippen molar-refractivity contribution in [3.8, 4) is 11.3 Å². The summed E-state index contributed by atoms with van der Waals surface area (Å²) >= 11 is 6.12. The molecule has 5 heteroatoms. The summed E-state index contributed by atoms with van der Waals surface area (Å²) < 4.78 is 13.9. The average molecular weight is 227 g/mol. The highest BCUT2D eigenvalue weighted by molar-refractivity contribution is 7.73. The topological polar surface area (TPSA) is 25.2 Å². The quantitative estimate of drug-likeness (QED) is 0.597. The van der Waals surface area contributed by atoms with Crippen LogP contribution in [-0.4, -0.2) is 9.94 Å². The van der Waals surface area contributed by atoms with E-state index in [9.17, 15) is 9.60 Å². The Kier molecular flexibility index (Phi) is 2.35. The van der Waals surface area contributed by atoms with E-state index in [1.807, 2.05) is 0 Å². The van der Waals surface area contributed by atoms with Crippen molar-refractivity contribution in [2.45, 2.75) is 0 Å². The zero-order valence-electron chi connectivity index (χ0n) is 6.98. The maximum Gasteiger partial charge on any atom is 0.196 e. The summed E-state index contributed by atoms with van der Waals surface area (Å²) in [5.74, 6) is -0.299. The molecule has 0 fully saturated rings. The van der Waals surface area contributed by atoms with Gasteiger partial charge >= 0.3 is 0 Å². The summed E-state index contributed by atoms with van der Waals surface area (Å²) in [6.45, 7) is 0. The largest absolute Gasteiger partial charge is 0.426 e. The van der Waals surface area contributed by atoms with Crippen molar-refractivity contribution in [2.75, 3.05) is 0 Å². The van der Waals surface area contributed by atoms with E-state index in [0.29, 0.717) is 9.65 Å². The molecule has 2 rings (SSSR count). The van der Waals surface area contributed by atoms with Crippen LogP contribution in [0, 0.1) is 9.77 Å². The van der Waals surface area contributed by atoms with Gasteiger partial charge in [-0.3, -0.25) is 0 Å². The SMILES string of the molecule is On1c(-c2ccc(F)cc2)csc1=S. The highest BCUT2D eigenvalue weighted by Crippen LogP contribution is 2.22. The number of halogens is 1. The Morgan fingerprint density at radius 2 is 1.93 bits per heavy atom. The van der Waals surface area contributed by atoms with Gasteiger partial charge < -0.3 is 5.21 Å². The summed E-state index contributed by atoms with van der Waals surface area (Å²) in [5.41, 5.74) is 1.32.